The maximum atomic E-state index is 12.6. The minimum Gasteiger partial charge on any atom is -0.383 e. The minimum absolute atomic E-state index is 0.0940. The van der Waals surface area contributed by atoms with Gasteiger partial charge in [0, 0.05) is 5.56 Å². The van der Waals surface area contributed by atoms with E-state index in [0.29, 0.717) is 27.1 Å². The number of aromatic nitrogens is 4. The van der Waals surface area contributed by atoms with Crippen molar-refractivity contribution in [3.63, 3.8) is 0 Å². The van der Waals surface area contributed by atoms with Gasteiger partial charge in [0.15, 0.2) is 0 Å². The van der Waals surface area contributed by atoms with Crippen molar-refractivity contribution in [2.75, 3.05) is 17.3 Å². The summed E-state index contributed by atoms with van der Waals surface area (Å²) < 4.78 is 6.85. The van der Waals surface area contributed by atoms with E-state index in [1.807, 2.05) is 49.6 Å². The number of nitrogens with two attached hydrogens (primary N) is 1. The Balaban J connectivity index is 1.59. The average molecular weight is 455 g/mol. The minimum atomic E-state index is -0.311. The van der Waals surface area contributed by atoms with Crippen LogP contribution in [0.2, 0.25) is 5.02 Å². The van der Waals surface area contributed by atoms with Gasteiger partial charge >= 0.3 is 0 Å². The fourth-order valence-corrected chi connectivity index (χ4v) is 3.85. The summed E-state index contributed by atoms with van der Waals surface area (Å²) in [5, 5.41) is 12.3. The van der Waals surface area contributed by atoms with Crippen LogP contribution in [0.4, 0.5) is 11.5 Å². The monoisotopic (exact) mass is 454 g/mol. The van der Waals surface area contributed by atoms with E-state index in [2.05, 4.69) is 20.6 Å². The molecule has 0 saturated heterocycles. The molecule has 0 radical (unpaired) electrons. The number of hydrogen-bond acceptors (Lipinski definition) is 7. The Hall–Kier alpha value is -3.30. The first-order valence-corrected chi connectivity index (χ1v) is 10.9. The highest BCUT2D eigenvalue weighted by Crippen LogP contribution is 2.35. The number of carbonyl (C=O) groups excluding carboxylic acids is 1. The molecule has 1 amide bonds. The summed E-state index contributed by atoms with van der Waals surface area (Å²) in [5.74, 6) is 0.642. The molecule has 4 rings (SSSR count). The van der Waals surface area contributed by atoms with Crippen LogP contribution in [0.15, 0.2) is 58.1 Å². The van der Waals surface area contributed by atoms with Crippen LogP contribution < -0.4 is 11.1 Å². The van der Waals surface area contributed by atoms with Gasteiger partial charge in [-0.25, -0.2) is 4.68 Å². The quantitative estimate of drug-likeness (QED) is 0.412. The summed E-state index contributed by atoms with van der Waals surface area (Å²) in [6.45, 7) is 1.83. The van der Waals surface area contributed by atoms with Crippen LogP contribution in [0.1, 0.15) is 5.56 Å². The van der Waals surface area contributed by atoms with E-state index < -0.39 is 0 Å². The fourth-order valence-electron chi connectivity index (χ4n) is 2.99. The highest BCUT2D eigenvalue weighted by Gasteiger charge is 2.24. The largest absolute Gasteiger partial charge is 0.383 e. The summed E-state index contributed by atoms with van der Waals surface area (Å²) >= 11 is 7.57. The molecule has 0 aliphatic carbocycles. The topological polar surface area (TPSA) is 112 Å². The van der Waals surface area contributed by atoms with Crippen molar-refractivity contribution < 1.29 is 9.32 Å². The Morgan fingerprint density at radius 3 is 2.74 bits per heavy atom. The second-order valence-electron chi connectivity index (χ2n) is 6.75. The molecule has 0 atom stereocenters. The number of halogens is 1. The molecule has 2 aromatic heterocycles. The highest BCUT2D eigenvalue weighted by molar-refractivity contribution is 7.98. The number of benzene rings is 2. The highest BCUT2D eigenvalue weighted by atomic mass is 35.5. The Labute approximate surface area is 187 Å². The third-order valence-electron chi connectivity index (χ3n) is 4.52. The lowest BCUT2D eigenvalue weighted by atomic mass is 10.2. The predicted molar refractivity (Wildman–Crippen MR) is 122 cm³/mol. The lowest BCUT2D eigenvalue weighted by Crippen LogP contribution is -2.20. The molecule has 0 fully saturated rings. The van der Waals surface area contributed by atoms with Gasteiger partial charge in [-0.05, 0) is 30.9 Å². The molecule has 0 bridgehead atoms. The van der Waals surface area contributed by atoms with E-state index in [1.54, 1.807) is 12.1 Å². The van der Waals surface area contributed by atoms with Crippen molar-refractivity contribution in [3.05, 3.63) is 59.1 Å². The molecule has 10 heteroatoms. The van der Waals surface area contributed by atoms with Gasteiger partial charge in [0.2, 0.25) is 11.7 Å². The van der Waals surface area contributed by atoms with E-state index in [9.17, 15) is 4.79 Å². The van der Waals surface area contributed by atoms with Gasteiger partial charge in [-0.2, -0.15) is 10.1 Å². The van der Waals surface area contributed by atoms with Gasteiger partial charge in [-0.1, -0.05) is 53.2 Å². The van der Waals surface area contributed by atoms with Crippen molar-refractivity contribution >= 4 is 40.8 Å². The fraction of sp³-hybridized carbons (Fsp3) is 0.143. The van der Waals surface area contributed by atoms with E-state index in [-0.39, 0.29) is 24.2 Å². The standard InChI is InChI=1S/C21H19ClN6O2S/c1-12-8-9-15(14(22)10-12)24-16(29)11-28-18(23)17(21(26-28)31-2)20-25-19(27-30-20)13-6-4-3-5-7-13/h3-10H,11,23H2,1-2H3,(H,24,29). The predicted octanol–water partition coefficient (Wildman–Crippen LogP) is 4.50. The van der Waals surface area contributed by atoms with Crippen LogP contribution in [-0.4, -0.2) is 32.1 Å². The number of thioether (sulfide) groups is 1. The molecule has 0 unspecified atom stereocenters. The smallest absolute Gasteiger partial charge is 0.264 e. The van der Waals surface area contributed by atoms with Crippen LogP contribution in [0, 0.1) is 6.92 Å². The molecule has 2 heterocycles. The first-order valence-electron chi connectivity index (χ1n) is 9.32. The lowest BCUT2D eigenvalue weighted by Gasteiger charge is -2.09. The second-order valence-corrected chi connectivity index (χ2v) is 7.95. The third kappa shape index (κ3) is 4.42. The number of amides is 1. The van der Waals surface area contributed by atoms with Gasteiger partial charge < -0.3 is 15.6 Å². The van der Waals surface area contributed by atoms with E-state index >= 15 is 0 Å². The molecule has 8 nitrogen and oxygen atoms in total. The normalized spacial score (nSPS) is 10.9. The third-order valence-corrected chi connectivity index (χ3v) is 5.50. The molecule has 0 spiro atoms. The Kier molecular flexibility index (Phi) is 5.97. The molecular formula is C21H19ClN6O2S. The zero-order valence-electron chi connectivity index (χ0n) is 16.8. The summed E-state index contributed by atoms with van der Waals surface area (Å²) in [5.41, 5.74) is 9.16. The Bertz CT molecular complexity index is 1240. The number of rotatable bonds is 6. The van der Waals surface area contributed by atoms with Gasteiger partial charge in [0.25, 0.3) is 5.89 Å². The summed E-state index contributed by atoms with van der Waals surface area (Å²) in [4.78, 5) is 17.0. The van der Waals surface area contributed by atoms with Crippen LogP contribution >= 0.6 is 23.4 Å². The summed E-state index contributed by atoms with van der Waals surface area (Å²) in [6.07, 6.45) is 1.86. The molecular weight excluding hydrogens is 436 g/mol. The molecule has 0 aliphatic heterocycles. The van der Waals surface area contributed by atoms with Crippen molar-refractivity contribution in [2.24, 2.45) is 0 Å². The van der Waals surface area contributed by atoms with Crippen LogP contribution in [0.5, 0.6) is 0 Å². The van der Waals surface area contributed by atoms with E-state index in [4.69, 9.17) is 21.9 Å². The van der Waals surface area contributed by atoms with E-state index in [1.165, 1.54) is 16.4 Å². The number of hydrogen-bond donors (Lipinski definition) is 2. The first kappa shape index (κ1) is 21.0. The maximum Gasteiger partial charge on any atom is 0.264 e. The zero-order valence-corrected chi connectivity index (χ0v) is 18.4. The zero-order chi connectivity index (χ0) is 22.0. The van der Waals surface area contributed by atoms with Crippen molar-refractivity contribution in [1.29, 1.82) is 0 Å². The number of nitrogens with one attached hydrogen (secondary N) is 1. The van der Waals surface area contributed by atoms with Gasteiger partial charge in [-0.15, -0.1) is 11.8 Å². The molecule has 3 N–H and O–H groups in total. The van der Waals surface area contributed by atoms with Gasteiger partial charge in [0.05, 0.1) is 10.7 Å². The summed E-state index contributed by atoms with van der Waals surface area (Å²) in [7, 11) is 0. The van der Waals surface area contributed by atoms with Gasteiger partial charge in [-0.3, -0.25) is 4.79 Å². The SMILES string of the molecule is CSc1nn(CC(=O)Nc2ccc(C)cc2Cl)c(N)c1-c1nc(-c2ccccc2)no1. The van der Waals surface area contributed by atoms with Gasteiger partial charge in [0.1, 0.15) is 23.0 Å². The summed E-state index contributed by atoms with van der Waals surface area (Å²) in [6, 6.07) is 14.9. The number of carbonyl (C=O) groups is 1. The molecule has 158 valence electrons. The first-order chi connectivity index (χ1) is 15.0. The van der Waals surface area contributed by atoms with E-state index in [0.717, 1.165) is 11.1 Å². The average Bonchev–Trinajstić information content (AvgIpc) is 3.35. The van der Waals surface area contributed by atoms with Crippen molar-refractivity contribution in [2.45, 2.75) is 18.5 Å². The van der Waals surface area contributed by atoms with Crippen LogP contribution in [0.3, 0.4) is 0 Å². The molecule has 0 aliphatic rings. The lowest BCUT2D eigenvalue weighted by molar-refractivity contribution is -0.116. The van der Waals surface area contributed by atoms with Crippen molar-refractivity contribution in [3.8, 4) is 22.8 Å². The maximum absolute atomic E-state index is 12.6. The number of nitrogen functional groups attached to an aromatic ring is 1. The van der Waals surface area contributed by atoms with Crippen LogP contribution in [0.25, 0.3) is 22.8 Å². The number of nitrogens with zero attached hydrogens (tertiary/aromatic N) is 4. The molecule has 4 aromatic rings. The molecule has 0 saturated carbocycles. The molecule has 2 aromatic carbocycles. The number of aryl methyl sites for hydroxylation is 1. The second kappa shape index (κ2) is 8.83. The van der Waals surface area contributed by atoms with Crippen molar-refractivity contribution in [1.82, 2.24) is 19.9 Å². The number of anilines is 2. The Morgan fingerprint density at radius 2 is 2.03 bits per heavy atom. The Morgan fingerprint density at radius 1 is 1.26 bits per heavy atom. The molecule has 31 heavy (non-hydrogen) atoms. The van der Waals surface area contributed by atoms with Crippen LogP contribution in [-0.2, 0) is 11.3 Å².